The Morgan fingerprint density at radius 1 is 1.75 bits per heavy atom. The van der Waals surface area contributed by atoms with E-state index >= 15 is 0 Å². The summed E-state index contributed by atoms with van der Waals surface area (Å²) < 4.78 is 0. The molecule has 1 aliphatic heterocycles. The van der Waals surface area contributed by atoms with Crippen molar-refractivity contribution in [1.29, 1.82) is 0 Å². The first kappa shape index (κ1) is 5.75. The van der Waals surface area contributed by atoms with Gasteiger partial charge in [-0.2, -0.15) is 0 Å². The lowest BCUT2D eigenvalue weighted by Crippen LogP contribution is -2.04. The van der Waals surface area contributed by atoms with Gasteiger partial charge in [0.1, 0.15) is 0 Å². The van der Waals surface area contributed by atoms with Gasteiger partial charge in [0, 0.05) is 12.2 Å². The van der Waals surface area contributed by atoms with Crippen LogP contribution in [0, 0.1) is 4.91 Å². The fourth-order valence-electron chi connectivity index (χ4n) is 0.577. The van der Waals surface area contributed by atoms with Crippen molar-refractivity contribution in [2.75, 3.05) is 5.75 Å². The maximum Gasteiger partial charge on any atom is 0.195 e. The fourth-order valence-corrected chi connectivity index (χ4v) is 1.48. The summed E-state index contributed by atoms with van der Waals surface area (Å²) in [6, 6.07) is 0. The summed E-state index contributed by atoms with van der Waals surface area (Å²) in [5.74, 6) is 0.736. The first-order valence-corrected chi connectivity index (χ1v) is 3.36. The summed E-state index contributed by atoms with van der Waals surface area (Å²) in [5.41, 5.74) is 0. The van der Waals surface area contributed by atoms with Crippen molar-refractivity contribution in [3.8, 4) is 0 Å². The van der Waals surface area contributed by atoms with Crippen LogP contribution in [0.25, 0.3) is 0 Å². The molecule has 1 heterocycles. The molecule has 8 heavy (non-hydrogen) atoms. The first-order chi connectivity index (χ1) is 3.84. The molecule has 0 amide bonds. The molecule has 0 radical (unpaired) electrons. The summed E-state index contributed by atoms with van der Waals surface area (Å²) in [5, 5.41) is 2.04. The van der Waals surface area contributed by atoms with Crippen molar-refractivity contribution >= 4 is 17.5 Å². The molecule has 1 saturated heterocycles. The van der Waals surface area contributed by atoms with Gasteiger partial charge in [0.15, 0.2) is 11.2 Å². The van der Waals surface area contributed by atoms with E-state index in [-0.39, 0.29) is 5.78 Å². The quantitative estimate of drug-likeness (QED) is 0.494. The van der Waals surface area contributed by atoms with E-state index in [0.717, 1.165) is 5.75 Å². The minimum absolute atomic E-state index is 0.0231. The van der Waals surface area contributed by atoms with Gasteiger partial charge in [0.25, 0.3) is 0 Å². The molecule has 44 valence electrons. The standard InChI is InChI=1S/C4H5NO2S/c6-3-1-2-8-4(3)5-7/h4H,1-2H2. The van der Waals surface area contributed by atoms with Crippen molar-refractivity contribution in [3.05, 3.63) is 4.91 Å². The summed E-state index contributed by atoms with van der Waals surface area (Å²) in [4.78, 5) is 20.2. The van der Waals surface area contributed by atoms with Crippen molar-refractivity contribution in [2.24, 2.45) is 5.18 Å². The molecule has 0 aromatic rings. The lowest BCUT2D eigenvalue weighted by atomic mass is 10.3. The van der Waals surface area contributed by atoms with Crippen LogP contribution in [0.3, 0.4) is 0 Å². The Morgan fingerprint density at radius 2 is 2.50 bits per heavy atom. The van der Waals surface area contributed by atoms with Gasteiger partial charge in [0.2, 0.25) is 0 Å². The molecule has 0 aromatic carbocycles. The number of rotatable bonds is 1. The highest BCUT2D eigenvalue weighted by molar-refractivity contribution is 8.01. The molecular weight excluding hydrogens is 126 g/mol. The first-order valence-electron chi connectivity index (χ1n) is 2.31. The lowest BCUT2D eigenvalue weighted by molar-refractivity contribution is -0.117. The number of hydrogen-bond acceptors (Lipinski definition) is 4. The Bertz CT molecular complexity index is 125. The Balaban J connectivity index is 2.54. The van der Waals surface area contributed by atoms with Gasteiger partial charge in [-0.25, -0.2) is 0 Å². The van der Waals surface area contributed by atoms with Crippen molar-refractivity contribution in [1.82, 2.24) is 0 Å². The third-order valence-electron chi connectivity index (χ3n) is 0.995. The molecule has 0 aromatic heterocycles. The summed E-state index contributed by atoms with van der Waals surface area (Å²) >= 11 is 1.32. The van der Waals surface area contributed by atoms with Crippen LogP contribution in [0.5, 0.6) is 0 Å². The van der Waals surface area contributed by atoms with Gasteiger partial charge in [-0.3, -0.25) is 4.79 Å². The number of thioether (sulfide) groups is 1. The van der Waals surface area contributed by atoms with Crippen molar-refractivity contribution in [3.63, 3.8) is 0 Å². The number of nitrogens with zero attached hydrogens (tertiary/aromatic N) is 1. The largest absolute Gasteiger partial charge is 0.296 e. The lowest BCUT2D eigenvalue weighted by Gasteiger charge is -1.88. The van der Waals surface area contributed by atoms with E-state index in [1.807, 2.05) is 0 Å². The number of Topliss-reactive ketones (excluding diaryl/α,β-unsaturated/α-hetero) is 1. The molecule has 0 aliphatic carbocycles. The molecule has 0 saturated carbocycles. The van der Waals surface area contributed by atoms with Crippen LogP contribution in [-0.4, -0.2) is 16.9 Å². The van der Waals surface area contributed by atoms with Crippen LogP contribution in [0.15, 0.2) is 5.18 Å². The molecule has 1 unspecified atom stereocenters. The van der Waals surface area contributed by atoms with Crippen molar-refractivity contribution < 1.29 is 4.79 Å². The predicted octanol–water partition coefficient (Wildman–Crippen LogP) is 0.785. The maximum absolute atomic E-state index is 10.5. The SMILES string of the molecule is O=NC1SCCC1=O. The van der Waals surface area contributed by atoms with E-state index in [0.29, 0.717) is 6.42 Å². The third-order valence-corrected chi connectivity index (χ3v) is 2.10. The zero-order valence-corrected chi connectivity index (χ0v) is 4.98. The van der Waals surface area contributed by atoms with Crippen LogP contribution in [0.2, 0.25) is 0 Å². The van der Waals surface area contributed by atoms with E-state index in [9.17, 15) is 9.70 Å². The Morgan fingerprint density at radius 3 is 2.75 bits per heavy atom. The molecule has 1 rings (SSSR count). The Hall–Kier alpha value is -0.380. The highest BCUT2D eigenvalue weighted by Gasteiger charge is 2.25. The van der Waals surface area contributed by atoms with E-state index in [4.69, 9.17) is 0 Å². The molecule has 0 N–H and O–H groups in total. The average Bonchev–Trinajstić information content (AvgIpc) is 2.14. The van der Waals surface area contributed by atoms with Crippen LogP contribution in [0.4, 0.5) is 0 Å². The number of carbonyl (C=O) groups excluding carboxylic acids is 1. The zero-order chi connectivity index (χ0) is 5.98. The second-order valence-corrected chi connectivity index (χ2v) is 2.73. The number of carbonyl (C=O) groups is 1. The fraction of sp³-hybridized carbons (Fsp3) is 0.750. The van der Waals surface area contributed by atoms with Gasteiger partial charge in [-0.05, 0) is 5.18 Å². The van der Waals surface area contributed by atoms with Crippen molar-refractivity contribution in [2.45, 2.75) is 11.8 Å². The molecule has 0 bridgehead atoms. The summed E-state index contributed by atoms with van der Waals surface area (Å²) in [7, 11) is 0. The highest BCUT2D eigenvalue weighted by atomic mass is 32.2. The third kappa shape index (κ3) is 0.888. The average molecular weight is 131 g/mol. The molecule has 3 nitrogen and oxygen atoms in total. The molecule has 1 atom stereocenters. The van der Waals surface area contributed by atoms with Gasteiger partial charge in [-0.15, -0.1) is 16.7 Å². The number of hydrogen-bond donors (Lipinski definition) is 0. The predicted molar refractivity (Wildman–Crippen MR) is 31.7 cm³/mol. The normalized spacial score (nSPS) is 28.5. The highest BCUT2D eigenvalue weighted by Crippen LogP contribution is 2.23. The van der Waals surface area contributed by atoms with Gasteiger partial charge < -0.3 is 0 Å². The van der Waals surface area contributed by atoms with Crippen LogP contribution in [0.1, 0.15) is 6.42 Å². The second-order valence-electron chi connectivity index (χ2n) is 1.54. The van der Waals surface area contributed by atoms with Crippen LogP contribution in [-0.2, 0) is 4.79 Å². The molecule has 1 aliphatic rings. The monoisotopic (exact) mass is 131 g/mol. The molecular formula is C4H5NO2S. The van der Waals surface area contributed by atoms with E-state index in [2.05, 4.69) is 5.18 Å². The Kier molecular flexibility index (Phi) is 1.62. The van der Waals surface area contributed by atoms with E-state index < -0.39 is 5.37 Å². The topological polar surface area (TPSA) is 46.5 Å². The number of nitroso groups, excluding NO2 is 1. The van der Waals surface area contributed by atoms with E-state index in [1.165, 1.54) is 11.8 Å². The van der Waals surface area contributed by atoms with Crippen LogP contribution >= 0.6 is 11.8 Å². The zero-order valence-electron chi connectivity index (χ0n) is 4.16. The second kappa shape index (κ2) is 2.26. The number of ketones is 1. The Labute approximate surface area is 50.8 Å². The van der Waals surface area contributed by atoms with Crippen LogP contribution < -0.4 is 0 Å². The molecule has 1 fully saturated rings. The van der Waals surface area contributed by atoms with Gasteiger partial charge >= 0.3 is 0 Å². The smallest absolute Gasteiger partial charge is 0.195 e. The maximum atomic E-state index is 10.5. The summed E-state index contributed by atoms with van der Waals surface area (Å²) in [6.45, 7) is 0. The minimum atomic E-state index is -0.588. The van der Waals surface area contributed by atoms with E-state index in [1.54, 1.807) is 0 Å². The minimum Gasteiger partial charge on any atom is -0.296 e. The van der Waals surface area contributed by atoms with Gasteiger partial charge in [-0.1, -0.05) is 0 Å². The molecule has 0 spiro atoms. The summed E-state index contributed by atoms with van der Waals surface area (Å²) in [6.07, 6.45) is 0.515. The van der Waals surface area contributed by atoms with Gasteiger partial charge in [0.05, 0.1) is 0 Å². The molecule has 4 heteroatoms.